The van der Waals surface area contributed by atoms with Crippen LogP contribution in [0.5, 0.6) is 5.75 Å². The number of hydrogen-bond donors (Lipinski definition) is 1. The fourth-order valence-corrected chi connectivity index (χ4v) is 1.57. The average molecular weight is 252 g/mol. The number of hydrogen-bond acceptors (Lipinski definition) is 4. The summed E-state index contributed by atoms with van der Waals surface area (Å²) >= 11 is 0. The first-order chi connectivity index (χ1) is 8.36. The Morgan fingerprint density at radius 1 is 1.22 bits per heavy atom. The van der Waals surface area contributed by atoms with Crippen molar-refractivity contribution < 1.29 is 24.2 Å². The van der Waals surface area contributed by atoms with Gasteiger partial charge in [-0.1, -0.05) is 0 Å². The number of ether oxygens (including phenoxy) is 2. The van der Waals surface area contributed by atoms with Crippen molar-refractivity contribution in [1.29, 1.82) is 0 Å². The van der Waals surface area contributed by atoms with Crippen LogP contribution in [-0.2, 0) is 4.74 Å². The lowest BCUT2D eigenvalue weighted by atomic mass is 10.0. The third-order valence-corrected chi connectivity index (χ3v) is 2.39. The van der Waals surface area contributed by atoms with Gasteiger partial charge in [-0.2, -0.15) is 0 Å². The fraction of sp³-hybridized carbons (Fsp3) is 0.385. The molecule has 0 unspecified atom stereocenters. The molecule has 1 rings (SSSR count). The van der Waals surface area contributed by atoms with E-state index in [0.717, 1.165) is 0 Å². The van der Waals surface area contributed by atoms with Crippen LogP contribution in [0.15, 0.2) is 12.1 Å². The molecule has 0 amide bonds. The number of carbonyl (C=O) groups excluding carboxylic acids is 1. The number of carboxylic acids is 1. The molecule has 0 spiro atoms. The van der Waals surface area contributed by atoms with Gasteiger partial charge >= 0.3 is 11.9 Å². The number of rotatable bonds is 4. The van der Waals surface area contributed by atoms with Crippen LogP contribution in [-0.4, -0.2) is 30.3 Å². The molecule has 5 nitrogen and oxygen atoms in total. The van der Waals surface area contributed by atoms with Crippen LogP contribution in [0.2, 0.25) is 0 Å². The molecule has 1 N–H and O–H groups in total. The van der Waals surface area contributed by atoms with Crippen LogP contribution in [0.1, 0.15) is 40.1 Å². The zero-order valence-electron chi connectivity index (χ0n) is 10.8. The molecule has 0 aliphatic carbocycles. The molecule has 0 aliphatic rings. The first-order valence-corrected chi connectivity index (χ1v) is 5.49. The van der Waals surface area contributed by atoms with Crippen molar-refractivity contribution >= 4 is 11.9 Å². The molecule has 0 saturated carbocycles. The van der Waals surface area contributed by atoms with Crippen molar-refractivity contribution in [2.75, 3.05) is 7.11 Å². The van der Waals surface area contributed by atoms with Crippen molar-refractivity contribution in [3.05, 3.63) is 28.8 Å². The van der Waals surface area contributed by atoms with Crippen LogP contribution in [0.4, 0.5) is 0 Å². The van der Waals surface area contributed by atoms with Gasteiger partial charge in [0.15, 0.2) is 0 Å². The number of carboxylic acid groups (broad SMARTS) is 1. The summed E-state index contributed by atoms with van der Waals surface area (Å²) in [5.41, 5.74) is 0.604. The Morgan fingerprint density at radius 2 is 1.78 bits per heavy atom. The quantitative estimate of drug-likeness (QED) is 0.832. The maximum Gasteiger partial charge on any atom is 0.338 e. The lowest BCUT2D eigenvalue weighted by Crippen LogP contribution is -2.12. The number of carbonyl (C=O) groups is 2. The Kier molecular flexibility index (Phi) is 4.31. The van der Waals surface area contributed by atoms with E-state index in [0.29, 0.717) is 11.3 Å². The van der Waals surface area contributed by atoms with Crippen LogP contribution >= 0.6 is 0 Å². The van der Waals surface area contributed by atoms with Gasteiger partial charge in [0, 0.05) is 0 Å². The molecular formula is C13H16O5. The number of benzene rings is 1. The Hall–Kier alpha value is -2.04. The first-order valence-electron chi connectivity index (χ1n) is 5.49. The standard InChI is InChI=1S/C13H16O5/c1-7(2)18-9-5-10(12(14)15)8(3)11(6-9)13(16)17-4/h5-7H,1-4H3,(H,14,15). The van der Waals surface area contributed by atoms with Crippen molar-refractivity contribution in [2.45, 2.75) is 26.9 Å². The lowest BCUT2D eigenvalue weighted by Gasteiger charge is -2.14. The van der Waals surface area contributed by atoms with Crippen molar-refractivity contribution in [2.24, 2.45) is 0 Å². The minimum absolute atomic E-state index is 0.0357. The van der Waals surface area contributed by atoms with Gasteiger partial charge in [-0.3, -0.25) is 0 Å². The highest BCUT2D eigenvalue weighted by Gasteiger charge is 2.18. The maximum absolute atomic E-state index is 11.6. The van der Waals surface area contributed by atoms with Gasteiger partial charge in [0.05, 0.1) is 24.3 Å². The molecule has 0 atom stereocenters. The Bertz CT molecular complexity index is 477. The molecule has 18 heavy (non-hydrogen) atoms. The molecule has 1 aromatic carbocycles. The van der Waals surface area contributed by atoms with Gasteiger partial charge in [-0.15, -0.1) is 0 Å². The summed E-state index contributed by atoms with van der Waals surface area (Å²) < 4.78 is 10.0. The van der Waals surface area contributed by atoms with Gasteiger partial charge in [-0.05, 0) is 38.5 Å². The van der Waals surface area contributed by atoms with Gasteiger partial charge in [-0.25, -0.2) is 9.59 Å². The summed E-state index contributed by atoms with van der Waals surface area (Å²) in [5.74, 6) is -1.34. The number of esters is 1. The predicted octanol–water partition coefficient (Wildman–Crippen LogP) is 2.27. The second kappa shape index (κ2) is 5.53. The van der Waals surface area contributed by atoms with E-state index in [2.05, 4.69) is 4.74 Å². The Morgan fingerprint density at radius 3 is 2.22 bits per heavy atom. The predicted molar refractivity (Wildman–Crippen MR) is 65.2 cm³/mol. The van der Waals surface area contributed by atoms with Crippen LogP contribution < -0.4 is 4.74 Å². The van der Waals surface area contributed by atoms with Crippen molar-refractivity contribution in [3.8, 4) is 5.75 Å². The normalized spacial score (nSPS) is 10.3. The topological polar surface area (TPSA) is 72.8 Å². The minimum Gasteiger partial charge on any atom is -0.491 e. The highest BCUT2D eigenvalue weighted by Crippen LogP contribution is 2.24. The maximum atomic E-state index is 11.6. The van der Waals surface area contributed by atoms with Gasteiger partial charge in [0.2, 0.25) is 0 Å². The summed E-state index contributed by atoms with van der Waals surface area (Å²) in [5, 5.41) is 9.10. The zero-order chi connectivity index (χ0) is 13.9. The van der Waals surface area contributed by atoms with E-state index in [9.17, 15) is 9.59 Å². The van der Waals surface area contributed by atoms with Crippen molar-refractivity contribution in [3.63, 3.8) is 0 Å². The molecule has 0 aliphatic heterocycles. The number of aromatic carboxylic acids is 1. The second-order valence-electron chi connectivity index (χ2n) is 4.11. The summed E-state index contributed by atoms with van der Waals surface area (Å²) in [6, 6.07) is 2.90. The highest BCUT2D eigenvalue weighted by molar-refractivity contribution is 5.97. The summed E-state index contributed by atoms with van der Waals surface area (Å²) in [7, 11) is 1.25. The first kappa shape index (κ1) is 14.0. The fourth-order valence-electron chi connectivity index (χ4n) is 1.57. The molecule has 98 valence electrons. The molecule has 0 saturated heterocycles. The molecule has 0 fully saturated rings. The summed E-state index contributed by atoms with van der Waals surface area (Å²) in [6.45, 7) is 5.20. The van der Waals surface area contributed by atoms with E-state index in [-0.39, 0.29) is 17.2 Å². The zero-order valence-corrected chi connectivity index (χ0v) is 10.8. The van der Waals surface area contributed by atoms with Gasteiger partial charge in [0.1, 0.15) is 5.75 Å². The molecule has 1 aromatic rings. The molecule has 0 radical (unpaired) electrons. The monoisotopic (exact) mass is 252 g/mol. The van der Waals surface area contributed by atoms with Gasteiger partial charge in [0.25, 0.3) is 0 Å². The summed E-state index contributed by atoms with van der Waals surface area (Å²) in [6.07, 6.45) is -0.111. The van der Waals surface area contributed by atoms with E-state index >= 15 is 0 Å². The van der Waals surface area contributed by atoms with E-state index in [1.54, 1.807) is 6.92 Å². The largest absolute Gasteiger partial charge is 0.491 e. The average Bonchev–Trinajstić information content (AvgIpc) is 2.29. The van der Waals surface area contributed by atoms with E-state index in [1.165, 1.54) is 19.2 Å². The van der Waals surface area contributed by atoms with Gasteiger partial charge < -0.3 is 14.6 Å². The van der Waals surface area contributed by atoms with E-state index < -0.39 is 11.9 Å². The Balaban J connectivity index is 3.36. The molecule has 5 heteroatoms. The smallest absolute Gasteiger partial charge is 0.338 e. The molecule has 0 aromatic heterocycles. The van der Waals surface area contributed by atoms with Crippen molar-refractivity contribution in [1.82, 2.24) is 0 Å². The molecule has 0 heterocycles. The third-order valence-electron chi connectivity index (χ3n) is 2.39. The van der Waals surface area contributed by atoms with Crippen LogP contribution in [0, 0.1) is 6.92 Å². The van der Waals surface area contributed by atoms with E-state index in [1.807, 2.05) is 13.8 Å². The molecular weight excluding hydrogens is 236 g/mol. The third kappa shape index (κ3) is 3.00. The highest BCUT2D eigenvalue weighted by atomic mass is 16.5. The summed E-state index contributed by atoms with van der Waals surface area (Å²) in [4.78, 5) is 22.7. The molecule has 0 bridgehead atoms. The minimum atomic E-state index is -1.10. The van der Waals surface area contributed by atoms with Crippen LogP contribution in [0.3, 0.4) is 0 Å². The lowest BCUT2D eigenvalue weighted by molar-refractivity contribution is 0.0599. The number of methoxy groups -OCH3 is 1. The van der Waals surface area contributed by atoms with Crippen LogP contribution in [0.25, 0.3) is 0 Å². The Labute approximate surface area is 105 Å². The second-order valence-corrected chi connectivity index (χ2v) is 4.11. The SMILES string of the molecule is COC(=O)c1cc(OC(C)C)cc(C(=O)O)c1C. The van der Waals surface area contributed by atoms with E-state index in [4.69, 9.17) is 9.84 Å².